The van der Waals surface area contributed by atoms with Gasteiger partial charge in [-0.25, -0.2) is 9.97 Å². The summed E-state index contributed by atoms with van der Waals surface area (Å²) in [5, 5.41) is 10.3. The molecule has 0 spiro atoms. The molecular weight excluding hydrogens is 599 g/mol. The third-order valence-electron chi connectivity index (χ3n) is 9.64. The molecule has 0 aliphatic heterocycles. The molecule has 48 heavy (non-hydrogen) atoms. The van der Waals surface area contributed by atoms with E-state index in [1.165, 1.54) is 42.3 Å². The van der Waals surface area contributed by atoms with Crippen molar-refractivity contribution in [1.29, 1.82) is 0 Å². The molecular formula is C44H31N3Si. The van der Waals surface area contributed by atoms with Crippen LogP contribution in [0.5, 0.6) is 0 Å². The van der Waals surface area contributed by atoms with Crippen molar-refractivity contribution in [2.75, 3.05) is 0 Å². The molecule has 0 aliphatic carbocycles. The van der Waals surface area contributed by atoms with E-state index in [2.05, 4.69) is 180 Å². The van der Waals surface area contributed by atoms with E-state index in [1.807, 2.05) is 12.3 Å². The van der Waals surface area contributed by atoms with Crippen molar-refractivity contribution >= 4 is 61.4 Å². The molecule has 226 valence electrons. The first-order chi connectivity index (χ1) is 23.8. The zero-order chi connectivity index (χ0) is 31.9. The van der Waals surface area contributed by atoms with Crippen LogP contribution in [0.4, 0.5) is 0 Å². The van der Waals surface area contributed by atoms with Crippen molar-refractivity contribution in [3.05, 3.63) is 188 Å². The maximum Gasteiger partial charge on any atom is 0.235 e. The summed E-state index contributed by atoms with van der Waals surface area (Å²) in [6.07, 6.45) is 1.88. The number of aromatic nitrogens is 3. The molecule has 4 heteroatoms. The summed E-state index contributed by atoms with van der Waals surface area (Å²) in [6.45, 7) is 0. The third-order valence-corrected chi connectivity index (χ3v) is 14.4. The Balaban J connectivity index is 1.20. The van der Waals surface area contributed by atoms with Gasteiger partial charge in [-0.3, -0.25) is 4.57 Å². The maximum absolute atomic E-state index is 5.20. The Labute approximate surface area is 280 Å². The SMILES string of the molecule is c1ccc([Si](c2ccccc2)(c2ccccc2)c2ccc(-c3ccnc(-n4c5ccccc5c5c6ccccc6ccc54)n3)cc2)cc1. The zero-order valence-electron chi connectivity index (χ0n) is 26.2. The first kappa shape index (κ1) is 28.1. The minimum Gasteiger partial charge on any atom is -0.278 e. The Hall–Kier alpha value is -6.10. The van der Waals surface area contributed by atoms with E-state index < -0.39 is 8.07 Å². The van der Waals surface area contributed by atoms with Crippen molar-refractivity contribution < 1.29 is 0 Å². The molecule has 9 rings (SSSR count). The van der Waals surface area contributed by atoms with Gasteiger partial charge in [0.05, 0.1) is 16.7 Å². The van der Waals surface area contributed by atoms with Crippen LogP contribution < -0.4 is 20.7 Å². The second-order valence-electron chi connectivity index (χ2n) is 12.2. The molecule has 2 aromatic heterocycles. The lowest BCUT2D eigenvalue weighted by atomic mass is 10.0. The molecule has 0 atom stereocenters. The molecule has 0 saturated carbocycles. The molecule has 0 bridgehead atoms. The van der Waals surface area contributed by atoms with Crippen LogP contribution in [0, 0.1) is 0 Å². The Morgan fingerprint density at radius 1 is 0.417 bits per heavy atom. The number of rotatable bonds is 6. The van der Waals surface area contributed by atoms with Crippen LogP contribution in [-0.2, 0) is 0 Å². The highest BCUT2D eigenvalue weighted by Gasteiger charge is 2.41. The van der Waals surface area contributed by atoms with Gasteiger partial charge in [-0.2, -0.15) is 0 Å². The topological polar surface area (TPSA) is 30.7 Å². The lowest BCUT2D eigenvalue weighted by Gasteiger charge is -2.34. The third kappa shape index (κ3) is 4.42. The highest BCUT2D eigenvalue weighted by molar-refractivity contribution is 7.19. The molecule has 0 aliphatic rings. The minimum atomic E-state index is -2.60. The second kappa shape index (κ2) is 11.6. The summed E-state index contributed by atoms with van der Waals surface area (Å²) >= 11 is 0. The van der Waals surface area contributed by atoms with E-state index in [9.17, 15) is 0 Å². The molecule has 0 fully saturated rings. The predicted molar refractivity (Wildman–Crippen MR) is 203 cm³/mol. The molecule has 0 radical (unpaired) electrons. The maximum atomic E-state index is 5.20. The van der Waals surface area contributed by atoms with Crippen molar-refractivity contribution in [1.82, 2.24) is 14.5 Å². The van der Waals surface area contributed by atoms with Crippen LogP contribution in [0.2, 0.25) is 0 Å². The van der Waals surface area contributed by atoms with Crippen LogP contribution in [-0.4, -0.2) is 22.6 Å². The van der Waals surface area contributed by atoms with Gasteiger partial charge in [0.2, 0.25) is 5.95 Å². The summed E-state index contributed by atoms with van der Waals surface area (Å²) in [6, 6.07) is 65.7. The van der Waals surface area contributed by atoms with Gasteiger partial charge in [0.1, 0.15) is 0 Å². The molecule has 0 amide bonds. The van der Waals surface area contributed by atoms with Crippen molar-refractivity contribution in [3.63, 3.8) is 0 Å². The van der Waals surface area contributed by atoms with Crippen LogP contribution in [0.15, 0.2) is 188 Å². The average molecular weight is 630 g/mol. The normalized spacial score (nSPS) is 11.8. The first-order valence-electron chi connectivity index (χ1n) is 16.3. The van der Waals surface area contributed by atoms with Gasteiger partial charge in [0.15, 0.2) is 8.07 Å². The molecule has 2 heterocycles. The van der Waals surface area contributed by atoms with Gasteiger partial charge in [-0.15, -0.1) is 0 Å². The van der Waals surface area contributed by atoms with Gasteiger partial charge < -0.3 is 0 Å². The summed E-state index contributed by atoms with van der Waals surface area (Å²) in [4.78, 5) is 10.0. The molecule has 7 aromatic carbocycles. The van der Waals surface area contributed by atoms with E-state index >= 15 is 0 Å². The van der Waals surface area contributed by atoms with Crippen molar-refractivity contribution in [3.8, 4) is 17.2 Å². The summed E-state index contributed by atoms with van der Waals surface area (Å²) < 4.78 is 2.20. The van der Waals surface area contributed by atoms with E-state index in [0.717, 1.165) is 22.3 Å². The Morgan fingerprint density at radius 3 is 1.60 bits per heavy atom. The number of hydrogen-bond acceptors (Lipinski definition) is 2. The summed E-state index contributed by atoms with van der Waals surface area (Å²) in [5.74, 6) is 0.666. The van der Waals surface area contributed by atoms with Crippen molar-refractivity contribution in [2.45, 2.75) is 0 Å². The lowest BCUT2D eigenvalue weighted by Crippen LogP contribution is -2.74. The van der Waals surface area contributed by atoms with E-state index in [4.69, 9.17) is 9.97 Å². The van der Waals surface area contributed by atoms with Crippen LogP contribution in [0.3, 0.4) is 0 Å². The zero-order valence-corrected chi connectivity index (χ0v) is 27.2. The summed E-state index contributed by atoms with van der Waals surface area (Å²) in [7, 11) is -2.60. The van der Waals surface area contributed by atoms with Gasteiger partial charge in [0, 0.05) is 22.5 Å². The predicted octanol–water partition coefficient (Wildman–Crippen LogP) is 7.77. The number of hydrogen-bond donors (Lipinski definition) is 0. The standard InChI is InChI=1S/C44H31N3Si/c1-4-15-34(16-5-1)48(35-17-6-2-7-18-35,36-19-8-3-9-20-36)37-27-24-33(25-28-37)40-30-31-45-44(46-40)47-41-23-13-12-22-39(41)43-38-21-11-10-14-32(38)26-29-42(43)47/h1-31H. The second-order valence-corrected chi connectivity index (χ2v) is 16.0. The van der Waals surface area contributed by atoms with E-state index in [-0.39, 0.29) is 0 Å². The number of nitrogens with zero attached hydrogens (tertiary/aromatic N) is 3. The summed E-state index contributed by atoms with van der Waals surface area (Å²) in [5.41, 5.74) is 4.16. The van der Waals surface area contributed by atoms with Gasteiger partial charge in [-0.1, -0.05) is 164 Å². The Kier molecular flexibility index (Phi) is 6.80. The highest BCUT2D eigenvalue weighted by atomic mass is 28.3. The highest BCUT2D eigenvalue weighted by Crippen LogP contribution is 2.36. The van der Waals surface area contributed by atoms with Crippen LogP contribution in [0.25, 0.3) is 49.8 Å². The molecule has 9 aromatic rings. The minimum absolute atomic E-state index is 0.666. The molecule has 3 nitrogen and oxygen atoms in total. The monoisotopic (exact) mass is 629 g/mol. The Morgan fingerprint density at radius 2 is 0.958 bits per heavy atom. The fraction of sp³-hybridized carbons (Fsp3) is 0. The lowest BCUT2D eigenvalue weighted by molar-refractivity contribution is 0.992. The van der Waals surface area contributed by atoms with Gasteiger partial charge in [0.25, 0.3) is 0 Å². The van der Waals surface area contributed by atoms with Crippen molar-refractivity contribution in [2.24, 2.45) is 0 Å². The largest absolute Gasteiger partial charge is 0.278 e. The van der Waals surface area contributed by atoms with E-state index in [0.29, 0.717) is 5.95 Å². The number of fused-ring (bicyclic) bond motifs is 5. The quantitative estimate of drug-likeness (QED) is 0.139. The number of para-hydroxylation sites is 1. The van der Waals surface area contributed by atoms with Crippen LogP contribution >= 0.6 is 0 Å². The smallest absolute Gasteiger partial charge is 0.235 e. The van der Waals surface area contributed by atoms with Gasteiger partial charge >= 0.3 is 0 Å². The first-order valence-corrected chi connectivity index (χ1v) is 18.3. The molecule has 0 unspecified atom stereocenters. The number of benzene rings is 7. The fourth-order valence-corrected chi connectivity index (χ4v) is 12.3. The molecule has 0 N–H and O–H groups in total. The van der Waals surface area contributed by atoms with Gasteiger partial charge in [-0.05, 0) is 49.7 Å². The van der Waals surface area contributed by atoms with E-state index in [1.54, 1.807) is 0 Å². The molecule has 0 saturated heterocycles. The Bertz CT molecular complexity index is 2450. The average Bonchev–Trinajstić information content (AvgIpc) is 3.52. The fourth-order valence-electron chi connectivity index (χ4n) is 7.53. The van der Waals surface area contributed by atoms with Crippen LogP contribution in [0.1, 0.15) is 0 Å².